The van der Waals surface area contributed by atoms with Gasteiger partial charge in [-0.25, -0.2) is 4.39 Å². The van der Waals surface area contributed by atoms with Crippen molar-refractivity contribution in [2.45, 2.75) is 6.36 Å². The Morgan fingerprint density at radius 3 is 2.31 bits per heavy atom. The quantitative estimate of drug-likeness (QED) is 0.603. The van der Waals surface area contributed by atoms with Gasteiger partial charge in [0.25, 0.3) is 0 Å². The molecule has 0 aromatic heterocycles. The highest BCUT2D eigenvalue weighted by molar-refractivity contribution is 5.93. The van der Waals surface area contributed by atoms with Crippen LogP contribution in [0.1, 0.15) is 10.4 Å². The number of amides is 1. The van der Waals surface area contributed by atoms with Gasteiger partial charge in [0.2, 0.25) is 5.91 Å². The van der Waals surface area contributed by atoms with E-state index >= 15 is 0 Å². The van der Waals surface area contributed by atoms with E-state index in [1.165, 1.54) is 0 Å². The molecule has 0 spiro atoms. The first-order valence-corrected chi connectivity index (χ1v) is 3.85. The van der Waals surface area contributed by atoms with Gasteiger partial charge >= 0.3 is 6.36 Å². The lowest BCUT2D eigenvalue weighted by atomic mass is 10.1. The number of nitrogen functional groups attached to an aromatic ring is 1. The van der Waals surface area contributed by atoms with E-state index in [0.29, 0.717) is 12.1 Å². The van der Waals surface area contributed by atoms with Crippen molar-refractivity contribution in [3.8, 4) is 5.75 Å². The molecule has 1 aromatic rings. The Morgan fingerprint density at radius 1 is 1.31 bits per heavy atom. The molecule has 0 aliphatic carbocycles. The summed E-state index contributed by atoms with van der Waals surface area (Å²) < 4.78 is 52.0. The maximum atomic E-state index is 13.0. The van der Waals surface area contributed by atoms with Gasteiger partial charge < -0.3 is 16.2 Å². The molecule has 1 rings (SSSR count). The predicted molar refractivity (Wildman–Crippen MR) is 46.0 cm³/mol. The van der Waals surface area contributed by atoms with Crippen LogP contribution in [0.4, 0.5) is 23.2 Å². The average molecular weight is 238 g/mol. The minimum Gasteiger partial charge on any atom is -0.403 e. The number of ether oxygens (including phenoxy) is 1. The molecule has 4 N–H and O–H groups in total. The van der Waals surface area contributed by atoms with Gasteiger partial charge in [-0.1, -0.05) is 0 Å². The summed E-state index contributed by atoms with van der Waals surface area (Å²) in [6.45, 7) is 0. The van der Waals surface area contributed by atoms with E-state index in [9.17, 15) is 22.4 Å². The van der Waals surface area contributed by atoms with Gasteiger partial charge in [0, 0.05) is 5.56 Å². The first kappa shape index (κ1) is 12.1. The van der Waals surface area contributed by atoms with E-state index in [0.717, 1.165) is 0 Å². The number of hydrogen-bond acceptors (Lipinski definition) is 3. The van der Waals surface area contributed by atoms with Gasteiger partial charge in [0.1, 0.15) is 5.69 Å². The van der Waals surface area contributed by atoms with Crippen LogP contribution in [0.2, 0.25) is 0 Å². The van der Waals surface area contributed by atoms with E-state index < -0.39 is 35.1 Å². The fourth-order valence-corrected chi connectivity index (χ4v) is 0.944. The third kappa shape index (κ3) is 2.75. The smallest absolute Gasteiger partial charge is 0.403 e. The van der Waals surface area contributed by atoms with E-state index in [4.69, 9.17) is 11.5 Å². The van der Waals surface area contributed by atoms with Crippen LogP contribution < -0.4 is 16.2 Å². The highest BCUT2D eigenvalue weighted by atomic mass is 19.4. The second-order valence-electron chi connectivity index (χ2n) is 2.78. The van der Waals surface area contributed by atoms with Gasteiger partial charge in [-0.15, -0.1) is 13.2 Å². The van der Waals surface area contributed by atoms with Gasteiger partial charge in [-0.3, -0.25) is 4.79 Å². The highest BCUT2D eigenvalue weighted by Crippen LogP contribution is 2.31. The molecule has 0 heterocycles. The Bertz CT molecular complexity index is 431. The Balaban J connectivity index is 3.22. The summed E-state index contributed by atoms with van der Waals surface area (Å²) in [7, 11) is 0. The average Bonchev–Trinajstić information content (AvgIpc) is 2.10. The molecule has 0 saturated heterocycles. The van der Waals surface area contributed by atoms with Crippen molar-refractivity contribution in [2.75, 3.05) is 5.73 Å². The third-order valence-electron chi connectivity index (χ3n) is 1.60. The molecule has 0 unspecified atom stereocenters. The third-order valence-corrected chi connectivity index (χ3v) is 1.60. The molecule has 0 bridgehead atoms. The lowest BCUT2D eigenvalue weighted by Gasteiger charge is -2.12. The van der Waals surface area contributed by atoms with E-state index in [2.05, 4.69) is 4.74 Å². The van der Waals surface area contributed by atoms with Crippen molar-refractivity contribution in [1.82, 2.24) is 0 Å². The standard InChI is InChI=1S/C8H6F4N2O2/c9-4-1-3(7(14)15)2-5(6(4)13)16-8(10,11)12/h1-2H,13H2,(H2,14,15). The highest BCUT2D eigenvalue weighted by Gasteiger charge is 2.32. The minimum atomic E-state index is -5.03. The zero-order valence-corrected chi connectivity index (χ0v) is 7.64. The van der Waals surface area contributed by atoms with Crippen molar-refractivity contribution in [3.05, 3.63) is 23.5 Å². The Labute approximate surface area is 86.8 Å². The van der Waals surface area contributed by atoms with Crippen LogP contribution in [0, 0.1) is 5.82 Å². The summed E-state index contributed by atoms with van der Waals surface area (Å²) >= 11 is 0. The molecule has 16 heavy (non-hydrogen) atoms. The molecule has 0 aliphatic rings. The van der Waals surface area contributed by atoms with E-state index in [-0.39, 0.29) is 0 Å². The molecular formula is C8H6F4N2O2. The van der Waals surface area contributed by atoms with Crippen LogP contribution in [0.15, 0.2) is 12.1 Å². The predicted octanol–water partition coefficient (Wildman–Crippen LogP) is 1.41. The van der Waals surface area contributed by atoms with Crippen LogP contribution in [0.25, 0.3) is 0 Å². The van der Waals surface area contributed by atoms with Crippen molar-refractivity contribution in [1.29, 1.82) is 0 Å². The number of primary amides is 1. The molecule has 88 valence electrons. The number of hydrogen-bond donors (Lipinski definition) is 2. The minimum absolute atomic E-state index is 0.467. The molecule has 0 saturated carbocycles. The SMILES string of the molecule is NC(=O)c1cc(F)c(N)c(OC(F)(F)F)c1. The summed E-state index contributed by atoms with van der Waals surface area (Å²) in [6, 6.07) is 1.25. The molecule has 0 aliphatic heterocycles. The Hall–Kier alpha value is -1.99. The number of carbonyl (C=O) groups is 1. The number of halogens is 4. The number of anilines is 1. The van der Waals surface area contributed by atoms with Crippen LogP contribution in [-0.2, 0) is 0 Å². The summed E-state index contributed by atoms with van der Waals surface area (Å²) in [6.07, 6.45) is -5.03. The largest absolute Gasteiger partial charge is 0.573 e. The van der Waals surface area contributed by atoms with Crippen LogP contribution in [-0.4, -0.2) is 12.3 Å². The normalized spacial score (nSPS) is 11.2. The second-order valence-corrected chi connectivity index (χ2v) is 2.78. The molecular weight excluding hydrogens is 232 g/mol. The lowest BCUT2D eigenvalue weighted by molar-refractivity contribution is -0.274. The molecule has 0 radical (unpaired) electrons. The summed E-state index contributed by atoms with van der Waals surface area (Å²) in [5.74, 6) is -3.30. The summed E-state index contributed by atoms with van der Waals surface area (Å²) in [5.41, 5.74) is 8.48. The Kier molecular flexibility index (Phi) is 2.92. The van der Waals surface area contributed by atoms with Crippen molar-refractivity contribution >= 4 is 11.6 Å². The molecule has 0 fully saturated rings. The number of carbonyl (C=O) groups excluding carboxylic acids is 1. The molecule has 0 atom stereocenters. The first-order chi connectivity index (χ1) is 7.20. The zero-order valence-electron chi connectivity index (χ0n) is 7.64. The second kappa shape index (κ2) is 3.87. The van der Waals surface area contributed by atoms with Gasteiger partial charge in [0.05, 0.1) is 0 Å². The maximum Gasteiger partial charge on any atom is 0.573 e. The number of rotatable bonds is 2. The fourth-order valence-electron chi connectivity index (χ4n) is 0.944. The summed E-state index contributed by atoms with van der Waals surface area (Å²) in [5, 5.41) is 0. The van der Waals surface area contributed by atoms with E-state index in [1.807, 2.05) is 0 Å². The van der Waals surface area contributed by atoms with Crippen LogP contribution in [0.3, 0.4) is 0 Å². The van der Waals surface area contributed by atoms with Gasteiger partial charge in [0.15, 0.2) is 11.6 Å². The fraction of sp³-hybridized carbons (Fsp3) is 0.125. The lowest BCUT2D eigenvalue weighted by Crippen LogP contribution is -2.19. The van der Waals surface area contributed by atoms with Crippen LogP contribution >= 0.6 is 0 Å². The number of nitrogens with two attached hydrogens (primary N) is 2. The van der Waals surface area contributed by atoms with Crippen molar-refractivity contribution < 1.29 is 27.1 Å². The molecule has 8 heteroatoms. The van der Waals surface area contributed by atoms with Gasteiger partial charge in [-0.2, -0.15) is 0 Å². The summed E-state index contributed by atoms with van der Waals surface area (Å²) in [4.78, 5) is 10.7. The molecule has 4 nitrogen and oxygen atoms in total. The monoisotopic (exact) mass is 238 g/mol. The van der Waals surface area contributed by atoms with Crippen LogP contribution in [0.5, 0.6) is 5.75 Å². The maximum absolute atomic E-state index is 13.0. The topological polar surface area (TPSA) is 78.3 Å². The van der Waals surface area contributed by atoms with Gasteiger partial charge in [-0.05, 0) is 12.1 Å². The molecule has 1 aromatic carbocycles. The van der Waals surface area contributed by atoms with Crippen molar-refractivity contribution in [3.63, 3.8) is 0 Å². The first-order valence-electron chi connectivity index (χ1n) is 3.85. The number of alkyl halides is 3. The van der Waals surface area contributed by atoms with E-state index in [1.54, 1.807) is 0 Å². The van der Waals surface area contributed by atoms with Crippen molar-refractivity contribution in [2.24, 2.45) is 5.73 Å². The Morgan fingerprint density at radius 2 is 1.88 bits per heavy atom. The zero-order chi connectivity index (χ0) is 12.5. The number of benzene rings is 1. The molecule has 1 amide bonds.